The molecule has 0 aromatic carbocycles. The van der Waals surface area contributed by atoms with Crippen molar-refractivity contribution in [2.45, 2.75) is 13.3 Å². The summed E-state index contributed by atoms with van der Waals surface area (Å²) in [6.45, 7) is 1.39. The van der Waals surface area contributed by atoms with Crippen LogP contribution in [0.1, 0.15) is 5.56 Å². The number of H-pyrrole nitrogens is 1. The Kier molecular flexibility index (Phi) is 3.07. The number of hydrogen-bond acceptors (Lipinski definition) is 2. The molecular weight excluding hydrogens is 314 g/mol. The van der Waals surface area contributed by atoms with Crippen molar-refractivity contribution in [1.29, 1.82) is 0 Å². The molecule has 7 heteroatoms. The van der Waals surface area contributed by atoms with Crippen molar-refractivity contribution in [3.8, 4) is 5.75 Å². The van der Waals surface area contributed by atoms with Crippen LogP contribution >= 0.6 is 22.6 Å². The van der Waals surface area contributed by atoms with Crippen LogP contribution in [0.3, 0.4) is 0 Å². The molecule has 0 aliphatic rings. The molecule has 1 N–H and O–H groups in total. The molecule has 0 aliphatic carbocycles. The Labute approximate surface area is 90.4 Å². The van der Waals surface area contributed by atoms with E-state index in [1.807, 2.05) is 0 Å². The second-order valence-electron chi connectivity index (χ2n) is 2.47. The fourth-order valence-electron chi connectivity index (χ4n) is 0.812. The van der Waals surface area contributed by atoms with E-state index in [0.717, 1.165) is 6.20 Å². The highest BCUT2D eigenvalue weighted by Crippen LogP contribution is 2.26. The van der Waals surface area contributed by atoms with Crippen LogP contribution in [0.15, 0.2) is 11.0 Å². The van der Waals surface area contributed by atoms with Gasteiger partial charge in [-0.25, -0.2) is 0 Å². The highest BCUT2D eigenvalue weighted by molar-refractivity contribution is 14.1. The largest absolute Gasteiger partial charge is 0.573 e. The van der Waals surface area contributed by atoms with E-state index >= 15 is 0 Å². The van der Waals surface area contributed by atoms with Crippen molar-refractivity contribution in [3.05, 3.63) is 25.7 Å². The maximum absolute atomic E-state index is 11.8. The number of hydrogen-bond donors (Lipinski definition) is 1. The van der Waals surface area contributed by atoms with Crippen molar-refractivity contribution in [3.63, 3.8) is 0 Å². The van der Waals surface area contributed by atoms with Crippen LogP contribution < -0.4 is 10.3 Å². The number of ether oxygens (including phenoxy) is 1. The zero-order valence-corrected chi connectivity index (χ0v) is 9.06. The molecule has 0 fully saturated rings. The first-order valence-electron chi connectivity index (χ1n) is 3.45. The lowest BCUT2D eigenvalue weighted by atomic mass is 10.3. The maximum atomic E-state index is 11.8. The van der Waals surface area contributed by atoms with Crippen molar-refractivity contribution >= 4 is 22.6 Å². The quantitative estimate of drug-likeness (QED) is 0.806. The van der Waals surface area contributed by atoms with Gasteiger partial charge < -0.3 is 9.72 Å². The summed E-state index contributed by atoms with van der Waals surface area (Å²) in [5.74, 6) is -0.387. The van der Waals surface area contributed by atoms with Crippen molar-refractivity contribution in [2.24, 2.45) is 0 Å². The van der Waals surface area contributed by atoms with Gasteiger partial charge in [-0.1, -0.05) is 0 Å². The number of alkyl halides is 3. The van der Waals surface area contributed by atoms with Gasteiger partial charge in [0.15, 0.2) is 0 Å². The molecule has 0 unspecified atom stereocenters. The molecule has 0 bridgehead atoms. The number of pyridine rings is 1. The third-order valence-corrected chi connectivity index (χ3v) is 2.76. The molecule has 78 valence electrons. The summed E-state index contributed by atoms with van der Waals surface area (Å²) in [6.07, 6.45) is -3.85. The van der Waals surface area contributed by atoms with Gasteiger partial charge in [0.1, 0.15) is 5.75 Å². The van der Waals surface area contributed by atoms with E-state index in [1.165, 1.54) is 6.92 Å². The minimum absolute atomic E-state index is 0.173. The topological polar surface area (TPSA) is 42.1 Å². The van der Waals surface area contributed by atoms with E-state index < -0.39 is 11.9 Å². The van der Waals surface area contributed by atoms with Crippen LogP contribution in [0, 0.1) is 10.5 Å². The first kappa shape index (κ1) is 11.3. The third-order valence-electron chi connectivity index (χ3n) is 1.46. The molecular formula is C7H5F3INO2. The first-order valence-corrected chi connectivity index (χ1v) is 4.52. The van der Waals surface area contributed by atoms with Crippen molar-refractivity contribution in [2.75, 3.05) is 0 Å². The SMILES string of the molecule is Cc1c(OC(F)(F)F)c[nH]c(=O)c1I. The summed E-state index contributed by atoms with van der Waals surface area (Å²) in [5, 5.41) is 0. The summed E-state index contributed by atoms with van der Waals surface area (Å²) in [7, 11) is 0. The molecule has 14 heavy (non-hydrogen) atoms. The molecule has 0 saturated heterocycles. The Morgan fingerprint density at radius 1 is 1.50 bits per heavy atom. The molecule has 0 amide bonds. The third kappa shape index (κ3) is 2.63. The second kappa shape index (κ2) is 3.79. The van der Waals surface area contributed by atoms with Crippen LogP contribution in [0.5, 0.6) is 5.75 Å². The summed E-state index contributed by atoms with van der Waals surface area (Å²) in [5.41, 5.74) is -0.260. The van der Waals surface area contributed by atoms with Crippen molar-refractivity contribution < 1.29 is 17.9 Å². The Morgan fingerprint density at radius 2 is 2.07 bits per heavy atom. The highest BCUT2D eigenvalue weighted by atomic mass is 127. The lowest BCUT2D eigenvalue weighted by Gasteiger charge is -2.11. The van der Waals surface area contributed by atoms with Crippen LogP contribution in [0.25, 0.3) is 0 Å². The monoisotopic (exact) mass is 319 g/mol. The molecule has 0 aliphatic heterocycles. The van der Waals surface area contributed by atoms with E-state index in [-0.39, 0.29) is 14.9 Å². The Balaban J connectivity index is 3.13. The number of rotatable bonds is 1. The smallest absolute Gasteiger partial charge is 0.404 e. The van der Waals surface area contributed by atoms with Crippen LogP contribution in [-0.4, -0.2) is 11.3 Å². The fourth-order valence-corrected chi connectivity index (χ4v) is 1.23. The molecule has 0 atom stereocenters. The molecule has 0 saturated carbocycles. The van der Waals surface area contributed by atoms with Gasteiger partial charge in [0.05, 0.1) is 3.57 Å². The van der Waals surface area contributed by atoms with E-state index in [1.54, 1.807) is 22.6 Å². The van der Waals surface area contributed by atoms with Crippen LogP contribution in [-0.2, 0) is 0 Å². The van der Waals surface area contributed by atoms with Gasteiger partial charge in [0.2, 0.25) is 0 Å². The molecule has 0 radical (unpaired) electrons. The number of aromatic nitrogens is 1. The van der Waals surface area contributed by atoms with E-state index in [9.17, 15) is 18.0 Å². The molecule has 1 aromatic heterocycles. The van der Waals surface area contributed by atoms with E-state index in [4.69, 9.17) is 0 Å². The predicted octanol–water partition coefficient (Wildman–Crippen LogP) is 2.19. The van der Waals surface area contributed by atoms with Crippen LogP contribution in [0.4, 0.5) is 13.2 Å². The number of aromatic amines is 1. The van der Waals surface area contributed by atoms with Crippen molar-refractivity contribution in [1.82, 2.24) is 4.98 Å². The standard InChI is InChI=1S/C7H5F3INO2/c1-3-4(14-7(8,9)10)2-12-6(13)5(3)11/h2H,1H3,(H,12,13). The van der Waals surface area contributed by atoms with E-state index in [2.05, 4.69) is 9.72 Å². The lowest BCUT2D eigenvalue weighted by Crippen LogP contribution is -2.20. The number of nitrogens with one attached hydrogen (secondary N) is 1. The lowest BCUT2D eigenvalue weighted by molar-refractivity contribution is -0.275. The summed E-state index contributed by atoms with van der Waals surface area (Å²) >= 11 is 1.65. The average molecular weight is 319 g/mol. The molecule has 1 aromatic rings. The Morgan fingerprint density at radius 3 is 2.57 bits per heavy atom. The average Bonchev–Trinajstić information content (AvgIpc) is 2.04. The molecule has 1 heterocycles. The summed E-state index contributed by atoms with van der Waals surface area (Å²) in [6, 6.07) is 0. The highest BCUT2D eigenvalue weighted by Gasteiger charge is 2.32. The van der Waals surface area contributed by atoms with Gasteiger partial charge >= 0.3 is 6.36 Å². The van der Waals surface area contributed by atoms with Gasteiger partial charge in [-0.05, 0) is 29.5 Å². The zero-order valence-electron chi connectivity index (χ0n) is 6.91. The molecule has 0 spiro atoms. The van der Waals surface area contributed by atoms with Crippen LogP contribution in [0.2, 0.25) is 0 Å². The van der Waals surface area contributed by atoms with Gasteiger partial charge in [-0.3, -0.25) is 4.79 Å². The molecule has 1 rings (SSSR count). The van der Waals surface area contributed by atoms with E-state index in [0.29, 0.717) is 0 Å². The minimum atomic E-state index is -4.74. The van der Waals surface area contributed by atoms with Gasteiger partial charge in [0, 0.05) is 11.8 Å². The van der Waals surface area contributed by atoms with Gasteiger partial charge in [0.25, 0.3) is 5.56 Å². The predicted molar refractivity (Wildman–Crippen MR) is 51.2 cm³/mol. The maximum Gasteiger partial charge on any atom is 0.573 e. The summed E-state index contributed by atoms with van der Waals surface area (Å²) < 4.78 is 39.4. The molecule has 3 nitrogen and oxygen atoms in total. The Hall–Kier alpha value is -0.730. The minimum Gasteiger partial charge on any atom is -0.404 e. The van der Waals surface area contributed by atoms with Gasteiger partial charge in [-0.15, -0.1) is 13.2 Å². The fraction of sp³-hybridized carbons (Fsp3) is 0.286. The van der Waals surface area contributed by atoms with Gasteiger partial charge in [-0.2, -0.15) is 0 Å². The Bertz CT molecular complexity index is 399. The normalized spacial score (nSPS) is 11.5. The number of halogens is 4. The zero-order chi connectivity index (χ0) is 10.9. The summed E-state index contributed by atoms with van der Waals surface area (Å²) in [4.78, 5) is 13.1. The second-order valence-corrected chi connectivity index (χ2v) is 3.55. The first-order chi connectivity index (χ1) is 6.31.